The molecule has 0 unspecified atom stereocenters. The van der Waals surface area contributed by atoms with Crippen molar-refractivity contribution in [2.24, 2.45) is 5.41 Å². The number of carbonyl (C=O) groups excluding carboxylic acids is 1. The van der Waals surface area contributed by atoms with Crippen LogP contribution in [0.5, 0.6) is 0 Å². The Morgan fingerprint density at radius 2 is 1.79 bits per heavy atom. The fourth-order valence-corrected chi connectivity index (χ4v) is 1.55. The average Bonchev–Trinajstić information content (AvgIpc) is 2.35. The van der Waals surface area contributed by atoms with Gasteiger partial charge in [0.15, 0.2) is 0 Å². The van der Waals surface area contributed by atoms with Crippen LogP contribution >= 0.6 is 11.6 Å². The van der Waals surface area contributed by atoms with Gasteiger partial charge in [0.1, 0.15) is 0 Å². The predicted molar refractivity (Wildman–Crippen MR) is 75.3 cm³/mol. The smallest absolute Gasteiger partial charge is 0.228 e. The number of anilines is 2. The molecule has 0 aliphatic carbocycles. The first-order valence-corrected chi connectivity index (χ1v) is 6.38. The van der Waals surface area contributed by atoms with Gasteiger partial charge in [-0.25, -0.2) is 0 Å². The van der Waals surface area contributed by atoms with Crippen LogP contribution in [0.25, 0.3) is 0 Å². The van der Waals surface area contributed by atoms with Crippen molar-refractivity contribution in [3.8, 4) is 0 Å². The Bertz CT molecular complexity index is 451. The van der Waals surface area contributed by atoms with E-state index >= 15 is 0 Å². The van der Waals surface area contributed by atoms with Crippen molar-refractivity contribution in [2.45, 2.75) is 20.8 Å². The molecule has 0 aliphatic heterocycles. The minimum atomic E-state index is -0.577. The summed E-state index contributed by atoms with van der Waals surface area (Å²) in [5, 5.41) is 8.66. The molecule has 0 radical (unpaired) electrons. The summed E-state index contributed by atoms with van der Waals surface area (Å²) in [5.74, 6) is 0.683. The van der Waals surface area contributed by atoms with Crippen molar-refractivity contribution >= 4 is 29.4 Å². The second kappa shape index (κ2) is 6.51. The van der Waals surface area contributed by atoms with E-state index in [1.807, 2.05) is 20.8 Å². The number of carbonyl (C=O) groups is 1. The molecule has 106 valence electrons. The summed E-state index contributed by atoms with van der Waals surface area (Å²) < 4.78 is 0. The number of rotatable bonds is 6. The van der Waals surface area contributed by atoms with Gasteiger partial charge in [-0.2, -0.15) is 15.0 Å². The summed E-state index contributed by atoms with van der Waals surface area (Å²) in [7, 11) is 1.60. The molecule has 0 bridgehead atoms. The SMILES string of the molecule is CCNc1nc(Cl)nc(NCC(C)(C)C(=O)NC)n1. The molecule has 1 aromatic rings. The minimum Gasteiger partial charge on any atom is -0.359 e. The van der Waals surface area contributed by atoms with Crippen LogP contribution in [0.2, 0.25) is 5.28 Å². The van der Waals surface area contributed by atoms with Gasteiger partial charge in [0, 0.05) is 20.1 Å². The normalized spacial score (nSPS) is 11.0. The molecule has 7 nitrogen and oxygen atoms in total. The number of aromatic nitrogens is 3. The quantitative estimate of drug-likeness (QED) is 0.726. The fourth-order valence-electron chi connectivity index (χ4n) is 1.39. The average molecular weight is 287 g/mol. The van der Waals surface area contributed by atoms with E-state index in [-0.39, 0.29) is 11.2 Å². The van der Waals surface area contributed by atoms with E-state index in [0.717, 1.165) is 0 Å². The van der Waals surface area contributed by atoms with E-state index in [1.165, 1.54) is 0 Å². The first-order chi connectivity index (χ1) is 8.89. The highest BCUT2D eigenvalue weighted by molar-refractivity contribution is 6.28. The van der Waals surface area contributed by atoms with Gasteiger partial charge in [-0.3, -0.25) is 4.79 Å². The van der Waals surface area contributed by atoms with E-state index < -0.39 is 5.41 Å². The molecule has 0 saturated heterocycles. The summed E-state index contributed by atoms with van der Waals surface area (Å²) >= 11 is 5.80. The molecule has 1 rings (SSSR count). The maximum atomic E-state index is 11.6. The number of nitrogens with one attached hydrogen (secondary N) is 3. The van der Waals surface area contributed by atoms with Crippen LogP contribution in [-0.4, -0.2) is 41.0 Å². The molecule has 1 heterocycles. The van der Waals surface area contributed by atoms with Gasteiger partial charge >= 0.3 is 0 Å². The van der Waals surface area contributed by atoms with Crippen LogP contribution in [0.1, 0.15) is 20.8 Å². The molecule has 1 amide bonds. The van der Waals surface area contributed by atoms with Crippen LogP contribution in [0.4, 0.5) is 11.9 Å². The summed E-state index contributed by atoms with van der Waals surface area (Å²) in [6, 6.07) is 0. The number of halogens is 1. The summed E-state index contributed by atoms with van der Waals surface area (Å²) in [4.78, 5) is 23.7. The highest BCUT2D eigenvalue weighted by atomic mass is 35.5. The van der Waals surface area contributed by atoms with Crippen LogP contribution in [0.3, 0.4) is 0 Å². The molecule has 0 saturated carbocycles. The van der Waals surface area contributed by atoms with Crippen LogP contribution in [-0.2, 0) is 4.79 Å². The molecule has 0 fully saturated rings. The Morgan fingerprint density at radius 1 is 1.21 bits per heavy atom. The van der Waals surface area contributed by atoms with Gasteiger partial charge in [0.05, 0.1) is 5.41 Å². The lowest BCUT2D eigenvalue weighted by molar-refractivity contribution is -0.128. The molecule has 19 heavy (non-hydrogen) atoms. The predicted octanol–water partition coefficient (Wildman–Crippen LogP) is 1.14. The Balaban J connectivity index is 2.74. The third kappa shape index (κ3) is 4.51. The Morgan fingerprint density at radius 3 is 2.32 bits per heavy atom. The van der Waals surface area contributed by atoms with E-state index in [2.05, 4.69) is 30.9 Å². The van der Waals surface area contributed by atoms with Gasteiger partial charge in [0.2, 0.25) is 23.1 Å². The fraction of sp³-hybridized carbons (Fsp3) is 0.636. The van der Waals surface area contributed by atoms with Crippen LogP contribution < -0.4 is 16.0 Å². The maximum absolute atomic E-state index is 11.6. The van der Waals surface area contributed by atoms with Gasteiger partial charge in [-0.15, -0.1) is 0 Å². The van der Waals surface area contributed by atoms with E-state index in [9.17, 15) is 4.79 Å². The van der Waals surface area contributed by atoms with Gasteiger partial charge in [0.25, 0.3) is 0 Å². The zero-order valence-electron chi connectivity index (χ0n) is 11.5. The van der Waals surface area contributed by atoms with Gasteiger partial charge < -0.3 is 16.0 Å². The number of amides is 1. The Kier molecular flexibility index (Phi) is 5.29. The topological polar surface area (TPSA) is 91.8 Å². The maximum Gasteiger partial charge on any atom is 0.228 e. The van der Waals surface area contributed by atoms with Crippen molar-refractivity contribution in [3.63, 3.8) is 0 Å². The highest BCUT2D eigenvalue weighted by Gasteiger charge is 2.26. The molecule has 0 atom stereocenters. The molecule has 1 aromatic heterocycles. The van der Waals surface area contributed by atoms with E-state index in [4.69, 9.17) is 11.6 Å². The molecule has 0 spiro atoms. The van der Waals surface area contributed by atoms with Crippen molar-refractivity contribution in [3.05, 3.63) is 5.28 Å². The van der Waals surface area contributed by atoms with Crippen molar-refractivity contribution in [1.29, 1.82) is 0 Å². The lowest BCUT2D eigenvalue weighted by Crippen LogP contribution is -2.39. The number of nitrogens with zero attached hydrogens (tertiary/aromatic N) is 3. The summed E-state index contributed by atoms with van der Waals surface area (Å²) in [6.45, 7) is 6.65. The minimum absolute atomic E-state index is 0.0629. The van der Waals surface area contributed by atoms with Gasteiger partial charge in [-0.1, -0.05) is 0 Å². The van der Waals surface area contributed by atoms with Crippen molar-refractivity contribution in [1.82, 2.24) is 20.3 Å². The first-order valence-electron chi connectivity index (χ1n) is 6.00. The molecule has 0 aromatic carbocycles. The lowest BCUT2D eigenvalue weighted by Gasteiger charge is -2.22. The second-order valence-corrected chi connectivity index (χ2v) is 4.94. The summed E-state index contributed by atoms with van der Waals surface area (Å²) in [6.07, 6.45) is 0. The first kappa shape index (κ1) is 15.4. The number of hydrogen-bond acceptors (Lipinski definition) is 6. The van der Waals surface area contributed by atoms with E-state index in [1.54, 1.807) is 7.05 Å². The standard InChI is InChI=1S/C11H19ClN6O/c1-5-14-9-16-8(12)17-10(18-9)15-6-11(2,3)7(19)13-4/h5-6H2,1-4H3,(H,13,19)(H2,14,15,16,17,18). The van der Waals surface area contributed by atoms with Crippen LogP contribution in [0.15, 0.2) is 0 Å². The Labute approximate surface area is 117 Å². The molecule has 3 N–H and O–H groups in total. The van der Waals surface area contributed by atoms with E-state index in [0.29, 0.717) is 25.0 Å². The molecule has 8 heteroatoms. The monoisotopic (exact) mass is 286 g/mol. The van der Waals surface area contributed by atoms with Gasteiger partial charge in [-0.05, 0) is 32.4 Å². The second-order valence-electron chi connectivity index (χ2n) is 4.60. The lowest BCUT2D eigenvalue weighted by atomic mass is 9.92. The third-order valence-electron chi connectivity index (χ3n) is 2.47. The number of hydrogen-bond donors (Lipinski definition) is 3. The van der Waals surface area contributed by atoms with Crippen molar-refractivity contribution in [2.75, 3.05) is 30.8 Å². The molecular weight excluding hydrogens is 268 g/mol. The largest absolute Gasteiger partial charge is 0.359 e. The van der Waals surface area contributed by atoms with Crippen LogP contribution in [0, 0.1) is 5.41 Å². The zero-order valence-corrected chi connectivity index (χ0v) is 12.3. The molecular formula is C11H19ClN6O. The summed E-state index contributed by atoms with van der Waals surface area (Å²) in [5.41, 5.74) is -0.577. The van der Waals surface area contributed by atoms with Crippen molar-refractivity contribution < 1.29 is 4.79 Å². The molecule has 0 aliphatic rings. The highest BCUT2D eigenvalue weighted by Crippen LogP contribution is 2.16. The third-order valence-corrected chi connectivity index (χ3v) is 2.64. The zero-order chi connectivity index (χ0) is 14.5. The Hall–Kier alpha value is -1.63.